The lowest BCUT2D eigenvalue weighted by molar-refractivity contribution is -0.152. The normalized spacial score (nSPS) is 18.3. The quantitative estimate of drug-likeness (QED) is 0.777. The van der Waals surface area contributed by atoms with Crippen molar-refractivity contribution in [1.82, 2.24) is 5.32 Å². The van der Waals surface area contributed by atoms with E-state index in [1.165, 1.54) is 0 Å². The number of benzene rings is 1. The number of amides is 2. The zero-order chi connectivity index (χ0) is 20.2. The number of nitrogens with one attached hydrogen (secondary N) is 1. The van der Waals surface area contributed by atoms with Gasteiger partial charge in [0.2, 0.25) is 5.91 Å². The third-order valence-corrected chi connectivity index (χ3v) is 4.69. The summed E-state index contributed by atoms with van der Waals surface area (Å²) in [5.74, 6) is -1.17. The van der Waals surface area contributed by atoms with Gasteiger partial charge in [-0.15, -0.1) is 0 Å². The monoisotopic (exact) mass is 374 g/mol. The SMILES string of the molecule is CC[C@@H](C)c1ccccc1N1C[C@@H](C(=O)OCC(=O)NC(C)(C)C)CC1=O. The molecule has 0 unspecified atom stereocenters. The van der Waals surface area contributed by atoms with Crippen molar-refractivity contribution in [2.75, 3.05) is 18.1 Å². The molecule has 1 saturated heterocycles. The molecule has 1 aliphatic heterocycles. The van der Waals surface area contributed by atoms with Gasteiger partial charge in [-0.25, -0.2) is 0 Å². The number of carbonyl (C=O) groups excluding carboxylic acids is 3. The molecule has 0 saturated carbocycles. The Morgan fingerprint density at radius 2 is 1.96 bits per heavy atom. The van der Waals surface area contributed by atoms with Gasteiger partial charge < -0.3 is 15.0 Å². The van der Waals surface area contributed by atoms with Crippen LogP contribution in [0.5, 0.6) is 0 Å². The van der Waals surface area contributed by atoms with E-state index in [9.17, 15) is 14.4 Å². The first-order valence-electron chi connectivity index (χ1n) is 9.49. The number of rotatable bonds is 6. The lowest BCUT2D eigenvalue weighted by atomic mass is 9.96. The van der Waals surface area contributed by atoms with Gasteiger partial charge >= 0.3 is 5.97 Å². The molecule has 2 rings (SSSR count). The second-order valence-electron chi connectivity index (χ2n) is 8.18. The average Bonchev–Trinajstić information content (AvgIpc) is 2.99. The van der Waals surface area contributed by atoms with Crippen molar-refractivity contribution >= 4 is 23.5 Å². The maximum atomic E-state index is 12.5. The average molecular weight is 374 g/mol. The number of anilines is 1. The standard InChI is InChI=1S/C21H30N2O4/c1-6-14(2)16-9-7-8-10-17(16)23-12-15(11-19(23)25)20(26)27-13-18(24)22-21(3,4)5/h7-10,14-15H,6,11-13H2,1-5H3,(H,22,24)/t14-,15+/m1/s1. The largest absolute Gasteiger partial charge is 0.455 e. The molecular weight excluding hydrogens is 344 g/mol. The Labute approximate surface area is 161 Å². The zero-order valence-corrected chi connectivity index (χ0v) is 16.9. The Morgan fingerprint density at radius 3 is 2.59 bits per heavy atom. The summed E-state index contributed by atoms with van der Waals surface area (Å²) in [4.78, 5) is 38.3. The van der Waals surface area contributed by atoms with Crippen LogP contribution in [0.3, 0.4) is 0 Å². The molecule has 1 aromatic carbocycles. The molecule has 0 aliphatic carbocycles. The van der Waals surface area contributed by atoms with Crippen molar-refractivity contribution in [2.45, 2.75) is 58.9 Å². The number of esters is 1. The van der Waals surface area contributed by atoms with Gasteiger partial charge in [-0.2, -0.15) is 0 Å². The molecule has 1 fully saturated rings. The summed E-state index contributed by atoms with van der Waals surface area (Å²) < 4.78 is 5.14. The number of carbonyl (C=O) groups is 3. The number of hydrogen-bond donors (Lipinski definition) is 1. The summed E-state index contributed by atoms with van der Waals surface area (Å²) >= 11 is 0. The van der Waals surface area contributed by atoms with Gasteiger partial charge in [0.1, 0.15) is 0 Å². The highest BCUT2D eigenvalue weighted by Gasteiger charge is 2.37. The van der Waals surface area contributed by atoms with Crippen molar-refractivity contribution in [2.24, 2.45) is 5.92 Å². The molecule has 1 aliphatic rings. The number of ether oxygens (including phenoxy) is 1. The van der Waals surface area contributed by atoms with Crippen LogP contribution in [0.1, 0.15) is 58.9 Å². The fourth-order valence-electron chi connectivity index (χ4n) is 3.18. The van der Waals surface area contributed by atoms with Crippen molar-refractivity contribution in [3.63, 3.8) is 0 Å². The molecule has 1 N–H and O–H groups in total. The molecule has 1 aromatic rings. The first-order chi connectivity index (χ1) is 12.6. The maximum absolute atomic E-state index is 12.5. The van der Waals surface area contributed by atoms with Gasteiger partial charge in [0, 0.05) is 24.2 Å². The Kier molecular flexibility index (Phi) is 6.63. The Hall–Kier alpha value is -2.37. The topological polar surface area (TPSA) is 75.7 Å². The number of hydrogen-bond acceptors (Lipinski definition) is 4. The lowest BCUT2D eigenvalue weighted by Gasteiger charge is -2.23. The van der Waals surface area contributed by atoms with Crippen molar-refractivity contribution in [3.05, 3.63) is 29.8 Å². The molecule has 1 heterocycles. The van der Waals surface area contributed by atoms with Crippen LogP contribution in [0.2, 0.25) is 0 Å². The molecule has 0 spiro atoms. The number of para-hydroxylation sites is 1. The summed E-state index contributed by atoms with van der Waals surface area (Å²) in [6.45, 7) is 9.75. The molecule has 2 amide bonds. The van der Waals surface area contributed by atoms with E-state index in [1.807, 2.05) is 45.0 Å². The van der Waals surface area contributed by atoms with Crippen molar-refractivity contribution < 1.29 is 19.1 Å². The van der Waals surface area contributed by atoms with Crippen molar-refractivity contribution in [3.8, 4) is 0 Å². The predicted octanol–water partition coefficient (Wildman–Crippen LogP) is 3.01. The molecule has 0 radical (unpaired) electrons. The lowest BCUT2D eigenvalue weighted by Crippen LogP contribution is -2.43. The Balaban J connectivity index is 2.01. The van der Waals surface area contributed by atoms with E-state index in [0.29, 0.717) is 5.92 Å². The molecule has 148 valence electrons. The molecule has 0 aromatic heterocycles. The molecule has 2 atom stereocenters. The second-order valence-corrected chi connectivity index (χ2v) is 8.18. The minimum Gasteiger partial charge on any atom is -0.455 e. The van der Waals surface area contributed by atoms with Crippen LogP contribution in [-0.4, -0.2) is 36.5 Å². The van der Waals surface area contributed by atoms with Gasteiger partial charge in [-0.3, -0.25) is 14.4 Å². The van der Waals surface area contributed by atoms with Crippen LogP contribution in [-0.2, 0) is 19.1 Å². The minimum absolute atomic E-state index is 0.0909. The van der Waals surface area contributed by atoms with E-state index in [1.54, 1.807) is 4.90 Å². The fourth-order valence-corrected chi connectivity index (χ4v) is 3.18. The summed E-state index contributed by atoms with van der Waals surface area (Å²) in [5, 5.41) is 2.74. The van der Waals surface area contributed by atoms with E-state index in [4.69, 9.17) is 4.74 Å². The first-order valence-corrected chi connectivity index (χ1v) is 9.49. The third kappa shape index (κ3) is 5.55. The van der Waals surface area contributed by atoms with Gasteiger partial charge in [0.15, 0.2) is 6.61 Å². The molecule has 0 bridgehead atoms. The summed E-state index contributed by atoms with van der Waals surface area (Å²) in [6, 6.07) is 7.81. The highest BCUT2D eigenvalue weighted by atomic mass is 16.5. The van der Waals surface area contributed by atoms with E-state index in [2.05, 4.69) is 19.2 Å². The summed E-state index contributed by atoms with van der Waals surface area (Å²) in [5.41, 5.74) is 1.58. The van der Waals surface area contributed by atoms with Gasteiger partial charge in [0.05, 0.1) is 5.92 Å². The van der Waals surface area contributed by atoms with Crippen LogP contribution in [0.4, 0.5) is 5.69 Å². The number of nitrogens with zero attached hydrogens (tertiary/aromatic N) is 1. The molecule has 6 heteroatoms. The highest BCUT2D eigenvalue weighted by molar-refractivity contribution is 6.00. The maximum Gasteiger partial charge on any atom is 0.311 e. The van der Waals surface area contributed by atoms with E-state index < -0.39 is 11.9 Å². The van der Waals surface area contributed by atoms with Gasteiger partial charge in [0.25, 0.3) is 5.91 Å². The summed E-state index contributed by atoms with van der Waals surface area (Å²) in [6.07, 6.45) is 1.07. The zero-order valence-electron chi connectivity index (χ0n) is 16.9. The second kappa shape index (κ2) is 8.55. The van der Waals surface area contributed by atoms with Crippen LogP contribution >= 0.6 is 0 Å². The van der Waals surface area contributed by atoms with Crippen LogP contribution in [0, 0.1) is 5.92 Å². The smallest absolute Gasteiger partial charge is 0.311 e. The Bertz CT molecular complexity index is 708. The molecule has 27 heavy (non-hydrogen) atoms. The van der Waals surface area contributed by atoms with E-state index >= 15 is 0 Å². The Morgan fingerprint density at radius 1 is 1.30 bits per heavy atom. The van der Waals surface area contributed by atoms with Gasteiger partial charge in [-0.05, 0) is 44.7 Å². The third-order valence-electron chi connectivity index (χ3n) is 4.69. The van der Waals surface area contributed by atoms with Crippen LogP contribution in [0.25, 0.3) is 0 Å². The predicted molar refractivity (Wildman–Crippen MR) is 104 cm³/mol. The van der Waals surface area contributed by atoms with Crippen molar-refractivity contribution in [1.29, 1.82) is 0 Å². The first kappa shape index (κ1) is 20.9. The van der Waals surface area contributed by atoms with Crippen LogP contribution in [0.15, 0.2) is 24.3 Å². The van der Waals surface area contributed by atoms with Gasteiger partial charge in [-0.1, -0.05) is 32.0 Å². The highest BCUT2D eigenvalue weighted by Crippen LogP contribution is 2.33. The van der Waals surface area contributed by atoms with E-state index in [0.717, 1.165) is 17.7 Å². The fraction of sp³-hybridized carbons (Fsp3) is 0.571. The molecule has 6 nitrogen and oxygen atoms in total. The summed E-state index contributed by atoms with van der Waals surface area (Å²) in [7, 11) is 0. The minimum atomic E-state index is -0.551. The van der Waals surface area contributed by atoms with E-state index in [-0.39, 0.29) is 36.9 Å². The molecular formula is C21H30N2O4. The van der Waals surface area contributed by atoms with Crippen LogP contribution < -0.4 is 10.2 Å².